The van der Waals surface area contributed by atoms with Crippen molar-refractivity contribution in [2.45, 2.75) is 39.0 Å². The van der Waals surface area contributed by atoms with Gasteiger partial charge in [0, 0.05) is 42.6 Å². The highest BCUT2D eigenvalue weighted by molar-refractivity contribution is 14.0. The van der Waals surface area contributed by atoms with Gasteiger partial charge in [0.25, 0.3) is 0 Å². The summed E-state index contributed by atoms with van der Waals surface area (Å²) >= 11 is 3.90. The highest BCUT2D eigenvalue weighted by Gasteiger charge is 2.25. The van der Waals surface area contributed by atoms with Crippen LogP contribution in [0.5, 0.6) is 0 Å². The summed E-state index contributed by atoms with van der Waals surface area (Å²) in [5.41, 5.74) is 0. The minimum absolute atomic E-state index is 0. The number of rotatable bonds is 6. The first kappa shape index (κ1) is 23.5. The average Bonchev–Trinajstić information content (AvgIpc) is 3.29. The first-order valence-corrected chi connectivity index (χ1v) is 11.5. The maximum Gasteiger partial charge on any atom is 0.194 e. The standard InChI is InChI=1S/C19H30N6S2.HI/c1-14(2)17-13-25(9-11-27-17)19(20-8-7-16-6-5-10-26-16)21-12-18-23-22-15(3)24(18)4;/h5-6,10,14,17H,7-9,11-13H2,1-4H3,(H,20,21);1H. The van der Waals surface area contributed by atoms with Gasteiger partial charge in [-0.2, -0.15) is 11.8 Å². The Balaban J connectivity index is 0.00000280. The highest BCUT2D eigenvalue weighted by atomic mass is 127. The number of hydrogen-bond donors (Lipinski definition) is 1. The van der Waals surface area contributed by atoms with E-state index in [4.69, 9.17) is 4.99 Å². The van der Waals surface area contributed by atoms with Gasteiger partial charge in [-0.3, -0.25) is 0 Å². The van der Waals surface area contributed by atoms with E-state index in [0.29, 0.717) is 17.7 Å². The molecule has 1 aliphatic rings. The van der Waals surface area contributed by atoms with Gasteiger partial charge < -0.3 is 14.8 Å². The van der Waals surface area contributed by atoms with Crippen LogP contribution in [0.1, 0.15) is 30.4 Å². The molecule has 1 N–H and O–H groups in total. The lowest BCUT2D eigenvalue weighted by molar-refractivity contribution is 0.380. The van der Waals surface area contributed by atoms with Crippen LogP contribution in [0.2, 0.25) is 0 Å². The smallest absolute Gasteiger partial charge is 0.194 e. The third kappa shape index (κ3) is 6.35. The van der Waals surface area contributed by atoms with E-state index in [2.05, 4.69) is 63.5 Å². The summed E-state index contributed by atoms with van der Waals surface area (Å²) in [7, 11) is 2.00. The molecule has 0 saturated carbocycles. The molecule has 0 spiro atoms. The van der Waals surface area contributed by atoms with Gasteiger partial charge in [0.15, 0.2) is 11.8 Å². The molecule has 6 nitrogen and oxygen atoms in total. The van der Waals surface area contributed by atoms with E-state index >= 15 is 0 Å². The fourth-order valence-electron chi connectivity index (χ4n) is 3.03. The Morgan fingerprint density at radius 1 is 1.39 bits per heavy atom. The van der Waals surface area contributed by atoms with Gasteiger partial charge in [0.2, 0.25) is 0 Å². The minimum Gasteiger partial charge on any atom is -0.356 e. The zero-order valence-corrected chi connectivity index (χ0v) is 21.1. The van der Waals surface area contributed by atoms with E-state index in [9.17, 15) is 0 Å². The fourth-order valence-corrected chi connectivity index (χ4v) is 5.03. The predicted octanol–water partition coefficient (Wildman–Crippen LogP) is 3.56. The van der Waals surface area contributed by atoms with Crippen LogP contribution in [0.25, 0.3) is 0 Å². The van der Waals surface area contributed by atoms with E-state index in [-0.39, 0.29) is 24.0 Å². The molecule has 0 radical (unpaired) electrons. The SMILES string of the molecule is Cc1nnc(CN=C(NCCc2cccs2)N2CCSC(C(C)C)C2)n1C.I. The van der Waals surface area contributed by atoms with E-state index in [1.807, 2.05) is 29.9 Å². The molecule has 0 bridgehead atoms. The van der Waals surface area contributed by atoms with Crippen LogP contribution in [0.4, 0.5) is 0 Å². The second-order valence-corrected chi connectivity index (χ2v) is 9.60. The Labute approximate surface area is 193 Å². The van der Waals surface area contributed by atoms with Crippen molar-refractivity contribution in [3.05, 3.63) is 34.0 Å². The van der Waals surface area contributed by atoms with Crippen LogP contribution in [-0.2, 0) is 20.0 Å². The normalized spacial score (nSPS) is 17.7. The summed E-state index contributed by atoms with van der Waals surface area (Å²) in [6.45, 7) is 10.1. The third-order valence-corrected chi connectivity index (χ3v) is 7.40. The summed E-state index contributed by atoms with van der Waals surface area (Å²) in [5, 5.41) is 14.8. The molecule has 1 saturated heterocycles. The van der Waals surface area contributed by atoms with Crippen LogP contribution in [-0.4, -0.2) is 56.3 Å². The first-order valence-electron chi connectivity index (χ1n) is 9.56. The van der Waals surface area contributed by atoms with E-state index in [1.165, 1.54) is 4.88 Å². The van der Waals surface area contributed by atoms with Crippen molar-refractivity contribution < 1.29 is 0 Å². The molecule has 3 rings (SSSR count). The summed E-state index contributed by atoms with van der Waals surface area (Å²) in [5.74, 6) is 4.64. The number of thioether (sulfide) groups is 1. The molecule has 3 heterocycles. The van der Waals surface area contributed by atoms with Gasteiger partial charge in [0.05, 0.1) is 0 Å². The number of nitrogens with zero attached hydrogens (tertiary/aromatic N) is 5. The number of thiophene rings is 1. The minimum atomic E-state index is 0. The molecule has 9 heteroatoms. The number of hydrogen-bond acceptors (Lipinski definition) is 5. The summed E-state index contributed by atoms with van der Waals surface area (Å²) in [6, 6.07) is 4.30. The van der Waals surface area contributed by atoms with Crippen molar-refractivity contribution in [3.63, 3.8) is 0 Å². The van der Waals surface area contributed by atoms with E-state index in [1.54, 1.807) is 0 Å². The van der Waals surface area contributed by atoms with Crippen LogP contribution in [0.3, 0.4) is 0 Å². The van der Waals surface area contributed by atoms with Crippen molar-refractivity contribution in [2.24, 2.45) is 18.0 Å². The van der Waals surface area contributed by atoms with Crippen LogP contribution in [0.15, 0.2) is 22.5 Å². The Kier molecular flexibility index (Phi) is 9.55. The molecule has 1 fully saturated rings. The molecule has 1 atom stereocenters. The largest absolute Gasteiger partial charge is 0.356 e. The monoisotopic (exact) mass is 534 g/mol. The average molecular weight is 535 g/mol. The lowest BCUT2D eigenvalue weighted by atomic mass is 10.1. The molecule has 0 aliphatic carbocycles. The van der Waals surface area contributed by atoms with Crippen molar-refractivity contribution in [3.8, 4) is 0 Å². The summed E-state index contributed by atoms with van der Waals surface area (Å²) in [4.78, 5) is 8.72. The van der Waals surface area contributed by atoms with Gasteiger partial charge >= 0.3 is 0 Å². The van der Waals surface area contributed by atoms with Crippen molar-refractivity contribution in [1.29, 1.82) is 0 Å². The van der Waals surface area contributed by atoms with Crippen molar-refractivity contribution >= 4 is 53.0 Å². The topological polar surface area (TPSA) is 58.3 Å². The number of nitrogens with one attached hydrogen (secondary N) is 1. The molecule has 2 aromatic rings. The predicted molar refractivity (Wildman–Crippen MR) is 131 cm³/mol. The molecule has 0 amide bonds. The zero-order chi connectivity index (χ0) is 19.2. The lowest BCUT2D eigenvalue weighted by Gasteiger charge is -2.36. The molecule has 1 unspecified atom stereocenters. The van der Waals surface area contributed by atoms with E-state index in [0.717, 1.165) is 49.4 Å². The highest BCUT2D eigenvalue weighted by Crippen LogP contribution is 2.25. The second kappa shape index (κ2) is 11.4. The van der Waals surface area contributed by atoms with Gasteiger partial charge in [-0.1, -0.05) is 19.9 Å². The summed E-state index contributed by atoms with van der Waals surface area (Å²) in [6.07, 6.45) is 1.02. The third-order valence-electron chi connectivity index (χ3n) is 4.92. The number of aromatic nitrogens is 3. The molecule has 28 heavy (non-hydrogen) atoms. The Bertz CT molecular complexity index is 744. The van der Waals surface area contributed by atoms with Gasteiger partial charge in [0.1, 0.15) is 12.4 Å². The Morgan fingerprint density at radius 3 is 2.86 bits per heavy atom. The number of aryl methyl sites for hydroxylation is 1. The zero-order valence-electron chi connectivity index (χ0n) is 17.1. The van der Waals surface area contributed by atoms with Crippen LogP contribution < -0.4 is 5.32 Å². The lowest BCUT2D eigenvalue weighted by Crippen LogP contribution is -2.49. The maximum absolute atomic E-state index is 4.91. The van der Waals surface area contributed by atoms with Gasteiger partial charge in [-0.15, -0.1) is 45.5 Å². The van der Waals surface area contributed by atoms with Crippen LogP contribution in [0, 0.1) is 12.8 Å². The molecule has 2 aromatic heterocycles. The van der Waals surface area contributed by atoms with Crippen LogP contribution >= 0.6 is 47.1 Å². The molecular weight excluding hydrogens is 503 g/mol. The molecule has 156 valence electrons. The Hall–Kier alpha value is -0.810. The van der Waals surface area contributed by atoms with Crippen molar-refractivity contribution in [1.82, 2.24) is 25.0 Å². The number of aliphatic imine (C=N–C) groups is 1. The molecule has 0 aromatic carbocycles. The van der Waals surface area contributed by atoms with Gasteiger partial charge in [-0.25, -0.2) is 4.99 Å². The second-order valence-electron chi connectivity index (χ2n) is 7.22. The Morgan fingerprint density at radius 2 is 2.21 bits per heavy atom. The molecular formula is C19H31IN6S2. The quantitative estimate of drug-likeness (QED) is 0.349. The van der Waals surface area contributed by atoms with E-state index < -0.39 is 0 Å². The maximum atomic E-state index is 4.91. The number of halogens is 1. The first-order chi connectivity index (χ1) is 13.0. The van der Waals surface area contributed by atoms with Gasteiger partial charge in [-0.05, 0) is 30.7 Å². The molecule has 1 aliphatic heterocycles. The summed E-state index contributed by atoms with van der Waals surface area (Å²) < 4.78 is 2.01. The number of guanidine groups is 1. The fraction of sp³-hybridized carbons (Fsp3) is 0.632. The van der Waals surface area contributed by atoms with Crippen molar-refractivity contribution in [2.75, 3.05) is 25.4 Å².